The van der Waals surface area contributed by atoms with Crippen molar-refractivity contribution in [1.82, 2.24) is 10.2 Å². The highest BCUT2D eigenvalue weighted by Crippen LogP contribution is 2.21. The molecule has 110 valence electrons. The Kier molecular flexibility index (Phi) is 6.48. The highest BCUT2D eigenvalue weighted by Gasteiger charge is 2.18. The highest BCUT2D eigenvalue weighted by molar-refractivity contribution is 6.34. The number of ether oxygens (including phenoxy) is 1. The van der Waals surface area contributed by atoms with E-state index in [4.69, 9.17) is 16.3 Å². The number of halogens is 1. The summed E-state index contributed by atoms with van der Waals surface area (Å²) in [5.41, 5.74) is 1.23. The van der Waals surface area contributed by atoms with Crippen molar-refractivity contribution in [3.8, 4) is 0 Å². The first-order valence-corrected chi connectivity index (χ1v) is 6.61. The topological polar surface area (TPSA) is 58.6 Å². The lowest BCUT2D eigenvalue weighted by Crippen LogP contribution is -2.39. The van der Waals surface area contributed by atoms with Crippen LogP contribution >= 0.6 is 11.6 Å². The van der Waals surface area contributed by atoms with Gasteiger partial charge in [-0.1, -0.05) is 23.7 Å². The molecule has 0 bridgehead atoms. The third kappa shape index (κ3) is 4.51. The molecular formula is C14H19ClN2O3. The number of carbonyl (C=O) groups is 2. The summed E-state index contributed by atoms with van der Waals surface area (Å²) in [6.45, 7) is 2.67. The van der Waals surface area contributed by atoms with Crippen LogP contribution in [0.15, 0.2) is 18.2 Å². The van der Waals surface area contributed by atoms with Crippen LogP contribution in [0.4, 0.5) is 0 Å². The second-order valence-corrected chi connectivity index (χ2v) is 4.82. The van der Waals surface area contributed by atoms with Gasteiger partial charge < -0.3 is 15.0 Å². The lowest BCUT2D eigenvalue weighted by Gasteiger charge is -2.18. The monoisotopic (exact) mass is 298 g/mol. The molecule has 0 atom stereocenters. The molecule has 0 radical (unpaired) electrons. The van der Waals surface area contributed by atoms with Crippen LogP contribution in [0.1, 0.15) is 15.9 Å². The summed E-state index contributed by atoms with van der Waals surface area (Å²) < 4.78 is 4.83. The van der Waals surface area contributed by atoms with E-state index < -0.39 is 0 Å². The van der Waals surface area contributed by atoms with Crippen molar-refractivity contribution in [3.63, 3.8) is 0 Å². The number of aryl methyl sites for hydroxylation is 1. The lowest BCUT2D eigenvalue weighted by molar-refractivity contribution is -0.121. The largest absolute Gasteiger partial charge is 0.383 e. The molecule has 1 aromatic rings. The number of amides is 2. The molecule has 2 amide bonds. The van der Waals surface area contributed by atoms with Crippen molar-refractivity contribution in [2.45, 2.75) is 6.92 Å². The fourth-order valence-corrected chi connectivity index (χ4v) is 1.86. The van der Waals surface area contributed by atoms with Crippen LogP contribution < -0.4 is 5.32 Å². The van der Waals surface area contributed by atoms with Crippen LogP contribution in [0.25, 0.3) is 0 Å². The smallest absolute Gasteiger partial charge is 0.255 e. The predicted molar refractivity (Wildman–Crippen MR) is 78.0 cm³/mol. The first-order chi connectivity index (χ1) is 9.47. The molecule has 0 aromatic heterocycles. The summed E-state index contributed by atoms with van der Waals surface area (Å²) in [6, 6.07) is 5.24. The van der Waals surface area contributed by atoms with Gasteiger partial charge in [0.25, 0.3) is 5.91 Å². The van der Waals surface area contributed by atoms with Gasteiger partial charge in [-0.25, -0.2) is 0 Å². The maximum atomic E-state index is 12.2. The lowest BCUT2D eigenvalue weighted by atomic mass is 10.1. The van der Waals surface area contributed by atoms with E-state index in [9.17, 15) is 9.59 Å². The third-order valence-corrected chi connectivity index (χ3v) is 3.28. The molecule has 0 saturated carbocycles. The number of nitrogens with one attached hydrogen (secondary N) is 1. The van der Waals surface area contributed by atoms with E-state index in [1.807, 2.05) is 13.0 Å². The fourth-order valence-electron chi connectivity index (χ4n) is 1.65. The molecule has 0 unspecified atom stereocenters. The Morgan fingerprint density at radius 1 is 1.40 bits per heavy atom. The van der Waals surface area contributed by atoms with Gasteiger partial charge in [0, 0.05) is 20.7 Å². The van der Waals surface area contributed by atoms with Gasteiger partial charge >= 0.3 is 0 Å². The first kappa shape index (κ1) is 16.5. The quantitative estimate of drug-likeness (QED) is 0.809. The molecule has 0 aliphatic rings. The average molecular weight is 299 g/mol. The minimum atomic E-state index is -0.277. The van der Waals surface area contributed by atoms with Gasteiger partial charge in [-0.2, -0.15) is 0 Å². The van der Waals surface area contributed by atoms with Crippen LogP contribution in [-0.2, 0) is 9.53 Å². The minimum absolute atomic E-state index is 0.0210. The van der Waals surface area contributed by atoms with Crippen LogP contribution in [0.3, 0.4) is 0 Å². The molecule has 1 aromatic carbocycles. The number of carbonyl (C=O) groups excluding carboxylic acids is 2. The third-order valence-electron chi connectivity index (χ3n) is 2.78. The molecule has 0 aliphatic carbocycles. The summed E-state index contributed by atoms with van der Waals surface area (Å²) in [5, 5.41) is 3.08. The molecule has 5 nitrogen and oxygen atoms in total. The molecule has 0 saturated heterocycles. The zero-order valence-electron chi connectivity index (χ0n) is 11.9. The maximum absolute atomic E-state index is 12.2. The number of benzene rings is 1. The summed E-state index contributed by atoms with van der Waals surface area (Å²) in [4.78, 5) is 25.2. The van der Waals surface area contributed by atoms with Crippen molar-refractivity contribution in [2.24, 2.45) is 0 Å². The summed E-state index contributed by atoms with van der Waals surface area (Å²) >= 11 is 6.11. The Bertz CT molecular complexity index is 491. The number of likely N-dealkylation sites (N-methyl/N-ethyl adjacent to an activating group) is 1. The molecule has 6 heteroatoms. The molecule has 20 heavy (non-hydrogen) atoms. The molecule has 0 fully saturated rings. The average Bonchev–Trinajstić information content (AvgIpc) is 2.41. The van der Waals surface area contributed by atoms with E-state index in [0.717, 1.165) is 5.56 Å². The molecular weight excluding hydrogens is 280 g/mol. The summed E-state index contributed by atoms with van der Waals surface area (Å²) in [7, 11) is 3.12. The van der Waals surface area contributed by atoms with Crippen LogP contribution in [-0.4, -0.2) is 50.6 Å². The Morgan fingerprint density at radius 3 is 2.75 bits per heavy atom. The van der Waals surface area contributed by atoms with Gasteiger partial charge in [0.15, 0.2) is 0 Å². The van der Waals surface area contributed by atoms with Crippen molar-refractivity contribution in [2.75, 3.05) is 33.9 Å². The van der Waals surface area contributed by atoms with Crippen LogP contribution in [0.2, 0.25) is 5.02 Å². The maximum Gasteiger partial charge on any atom is 0.255 e. The number of hydrogen-bond acceptors (Lipinski definition) is 3. The number of methoxy groups -OCH3 is 1. The summed E-state index contributed by atoms with van der Waals surface area (Å²) in [5.74, 6) is -0.512. The molecule has 0 aliphatic heterocycles. The van der Waals surface area contributed by atoms with Crippen molar-refractivity contribution in [3.05, 3.63) is 34.3 Å². The molecule has 0 heterocycles. The van der Waals surface area contributed by atoms with Crippen LogP contribution in [0.5, 0.6) is 0 Å². The molecule has 1 N–H and O–H groups in total. The van der Waals surface area contributed by atoms with Crippen molar-refractivity contribution >= 4 is 23.4 Å². The SMILES string of the molecule is COCCNC(=O)CN(C)C(=O)c1cccc(C)c1Cl. The Morgan fingerprint density at radius 2 is 2.10 bits per heavy atom. The van der Waals surface area contributed by atoms with E-state index in [0.29, 0.717) is 23.7 Å². The number of nitrogens with zero attached hydrogens (tertiary/aromatic N) is 1. The van der Waals surface area contributed by atoms with E-state index in [1.54, 1.807) is 26.3 Å². The van der Waals surface area contributed by atoms with Gasteiger partial charge in [0.05, 0.1) is 23.7 Å². The first-order valence-electron chi connectivity index (χ1n) is 6.23. The highest BCUT2D eigenvalue weighted by atomic mass is 35.5. The van der Waals surface area contributed by atoms with Gasteiger partial charge in [0.2, 0.25) is 5.91 Å². The number of rotatable bonds is 6. The zero-order valence-corrected chi connectivity index (χ0v) is 12.7. The van der Waals surface area contributed by atoms with E-state index >= 15 is 0 Å². The standard InChI is InChI=1S/C14H19ClN2O3/c1-10-5-4-6-11(13(10)15)14(19)17(2)9-12(18)16-7-8-20-3/h4-6H,7-9H2,1-3H3,(H,16,18). The summed E-state index contributed by atoms with van der Waals surface area (Å²) in [6.07, 6.45) is 0. The Balaban J connectivity index is 2.63. The van der Waals surface area contributed by atoms with Gasteiger partial charge in [-0.15, -0.1) is 0 Å². The second kappa shape index (κ2) is 7.87. The van der Waals surface area contributed by atoms with Gasteiger partial charge in [-0.05, 0) is 18.6 Å². The predicted octanol–water partition coefficient (Wildman–Crippen LogP) is 1.48. The van der Waals surface area contributed by atoms with E-state index in [2.05, 4.69) is 5.32 Å². The second-order valence-electron chi connectivity index (χ2n) is 4.44. The number of hydrogen-bond donors (Lipinski definition) is 1. The fraction of sp³-hybridized carbons (Fsp3) is 0.429. The minimum Gasteiger partial charge on any atom is -0.383 e. The molecule has 0 spiro atoms. The Labute approximate surface area is 123 Å². The Hall–Kier alpha value is -1.59. The van der Waals surface area contributed by atoms with Gasteiger partial charge in [-0.3, -0.25) is 9.59 Å². The molecule has 1 rings (SSSR count). The van der Waals surface area contributed by atoms with Crippen molar-refractivity contribution < 1.29 is 14.3 Å². The van der Waals surface area contributed by atoms with E-state index in [1.165, 1.54) is 4.90 Å². The van der Waals surface area contributed by atoms with Crippen molar-refractivity contribution in [1.29, 1.82) is 0 Å². The normalized spacial score (nSPS) is 10.2. The zero-order chi connectivity index (χ0) is 15.1. The van der Waals surface area contributed by atoms with Crippen LogP contribution in [0, 0.1) is 6.92 Å². The van der Waals surface area contributed by atoms with E-state index in [-0.39, 0.29) is 18.4 Å². The van der Waals surface area contributed by atoms with Gasteiger partial charge in [0.1, 0.15) is 0 Å².